The van der Waals surface area contributed by atoms with Gasteiger partial charge in [0.2, 0.25) is 12.3 Å². The van der Waals surface area contributed by atoms with Crippen LogP contribution in [0.2, 0.25) is 0 Å². The van der Waals surface area contributed by atoms with Crippen molar-refractivity contribution in [3.05, 3.63) is 35.4 Å². The summed E-state index contributed by atoms with van der Waals surface area (Å²) in [5.41, 5.74) is 8.32. The molecule has 1 fully saturated rings. The number of carbonyl (C=O) groups is 3. The maximum absolute atomic E-state index is 12.0. The van der Waals surface area contributed by atoms with Crippen LogP contribution in [0.1, 0.15) is 63.0 Å². The van der Waals surface area contributed by atoms with Crippen molar-refractivity contribution in [3.8, 4) is 6.01 Å². The van der Waals surface area contributed by atoms with Gasteiger partial charge in [0.25, 0.3) is 0 Å². The number of rotatable bonds is 20. The zero-order chi connectivity index (χ0) is 30.3. The predicted octanol–water partition coefficient (Wildman–Crippen LogP) is 3.16. The summed E-state index contributed by atoms with van der Waals surface area (Å²) in [4.78, 5) is 49.4. The minimum Gasteiger partial charge on any atom is -0.481 e. The topological polar surface area (TPSA) is 154 Å². The molecule has 2 heterocycles. The van der Waals surface area contributed by atoms with E-state index in [0.717, 1.165) is 75.8 Å². The van der Waals surface area contributed by atoms with E-state index in [4.69, 9.17) is 10.5 Å². The number of aliphatic carboxylic acids is 1. The number of anilines is 3. The van der Waals surface area contributed by atoms with E-state index in [0.29, 0.717) is 44.0 Å². The molecule has 2 amide bonds. The number of nitrogen functional groups attached to an aromatic ring is 1. The van der Waals surface area contributed by atoms with Gasteiger partial charge in [-0.25, -0.2) is 0 Å². The number of amides is 2. The van der Waals surface area contributed by atoms with Crippen molar-refractivity contribution in [1.29, 1.82) is 0 Å². The number of nitrogens with two attached hydrogens (primary N) is 1. The Kier molecular flexibility index (Phi) is 13.3. The number of carbonyl (C=O) groups excluding carboxylic acids is 2. The van der Waals surface area contributed by atoms with Crippen LogP contribution >= 0.6 is 0 Å². The van der Waals surface area contributed by atoms with Crippen molar-refractivity contribution in [1.82, 2.24) is 19.8 Å². The highest BCUT2D eigenvalue weighted by Crippen LogP contribution is 2.30. The number of nitrogens with one attached hydrogen (secondary N) is 1. The monoisotopic (exact) mass is 583 g/mol. The molecule has 1 aliphatic rings. The maximum Gasteiger partial charge on any atom is 0.320 e. The third-order valence-corrected chi connectivity index (χ3v) is 7.24. The molecular formula is C30H45N7O5. The summed E-state index contributed by atoms with van der Waals surface area (Å²) in [5.74, 6) is 0.0420. The van der Waals surface area contributed by atoms with E-state index in [1.807, 2.05) is 41.1 Å². The zero-order valence-corrected chi connectivity index (χ0v) is 24.9. The van der Waals surface area contributed by atoms with Crippen LogP contribution in [0.4, 0.5) is 17.3 Å². The molecule has 12 heteroatoms. The first-order chi connectivity index (χ1) is 20.3. The van der Waals surface area contributed by atoms with Crippen molar-refractivity contribution < 1.29 is 24.2 Å². The third-order valence-electron chi connectivity index (χ3n) is 7.24. The fourth-order valence-electron chi connectivity index (χ4n) is 5.05. The van der Waals surface area contributed by atoms with Crippen LogP contribution in [0, 0.1) is 0 Å². The Morgan fingerprint density at radius 3 is 2.64 bits per heavy atom. The Morgan fingerprint density at radius 1 is 1.17 bits per heavy atom. The second-order valence-electron chi connectivity index (χ2n) is 10.7. The Balaban J connectivity index is 1.60. The molecule has 12 nitrogen and oxygen atoms in total. The van der Waals surface area contributed by atoms with Crippen molar-refractivity contribution in [3.63, 3.8) is 0 Å². The minimum absolute atomic E-state index is 0.00287. The molecule has 42 heavy (non-hydrogen) atoms. The number of carboxylic acid groups (broad SMARTS) is 1. The standard InChI is InChI=1S/C30H45N7O5/c1-3-4-18-42-30-33-28(31)27(32-22-38)29(34-30)35(2)13-5-6-14-36(15-9-17-37-16-8-12-25(37)39)21-24-11-7-10-23(19-24)20-26(40)41/h7,10-11,19,22H,3-6,8-9,12-18,20-21H2,1-2H3,(H,32,38)(H,40,41)(H2,31,33,34). The highest BCUT2D eigenvalue weighted by Gasteiger charge is 2.20. The van der Waals surface area contributed by atoms with Crippen molar-refractivity contribution >= 4 is 35.6 Å². The van der Waals surface area contributed by atoms with Gasteiger partial charge in [-0.2, -0.15) is 9.97 Å². The molecule has 1 aromatic carbocycles. The van der Waals surface area contributed by atoms with Crippen LogP contribution < -0.4 is 20.7 Å². The van der Waals surface area contributed by atoms with Crippen molar-refractivity contribution in [2.75, 3.05) is 62.3 Å². The average Bonchev–Trinajstić information content (AvgIpc) is 3.36. The number of ether oxygens (including phenoxy) is 1. The van der Waals surface area contributed by atoms with Gasteiger partial charge in [0.1, 0.15) is 5.69 Å². The highest BCUT2D eigenvalue weighted by atomic mass is 16.5. The number of carboxylic acids is 1. The number of likely N-dealkylation sites (tertiary alicyclic amines) is 1. The summed E-state index contributed by atoms with van der Waals surface area (Å²) in [6, 6.07) is 7.91. The molecular weight excluding hydrogens is 538 g/mol. The predicted molar refractivity (Wildman–Crippen MR) is 163 cm³/mol. The van der Waals surface area contributed by atoms with Crippen LogP contribution in [0.15, 0.2) is 24.3 Å². The van der Waals surface area contributed by atoms with Gasteiger partial charge in [-0.3, -0.25) is 19.3 Å². The number of nitrogens with zero attached hydrogens (tertiary/aromatic N) is 5. The van der Waals surface area contributed by atoms with Gasteiger partial charge in [-0.05, 0) is 49.8 Å². The van der Waals surface area contributed by atoms with E-state index in [9.17, 15) is 19.5 Å². The number of hydrogen-bond acceptors (Lipinski definition) is 9. The fraction of sp³-hybridized carbons (Fsp3) is 0.567. The van der Waals surface area contributed by atoms with Crippen LogP contribution in [0.25, 0.3) is 0 Å². The van der Waals surface area contributed by atoms with Gasteiger partial charge in [-0.1, -0.05) is 37.6 Å². The molecule has 0 aliphatic carbocycles. The lowest BCUT2D eigenvalue weighted by Gasteiger charge is -2.25. The second-order valence-corrected chi connectivity index (χ2v) is 10.7. The molecule has 0 unspecified atom stereocenters. The number of benzene rings is 1. The summed E-state index contributed by atoms with van der Waals surface area (Å²) in [6.07, 6.45) is 6.61. The molecule has 2 aromatic rings. The van der Waals surface area contributed by atoms with Crippen molar-refractivity contribution in [2.45, 2.75) is 64.8 Å². The first kappa shape index (κ1) is 32.6. The first-order valence-electron chi connectivity index (χ1n) is 14.8. The lowest BCUT2D eigenvalue weighted by molar-refractivity contribution is -0.136. The number of aromatic nitrogens is 2. The average molecular weight is 584 g/mol. The number of unbranched alkanes of at least 4 members (excludes halogenated alkanes) is 2. The molecule has 230 valence electrons. The Labute approximate surface area is 248 Å². The highest BCUT2D eigenvalue weighted by molar-refractivity contribution is 5.86. The third kappa shape index (κ3) is 10.5. The van der Waals surface area contributed by atoms with Gasteiger partial charge in [0.05, 0.1) is 13.0 Å². The summed E-state index contributed by atoms with van der Waals surface area (Å²) < 4.78 is 5.67. The van der Waals surface area contributed by atoms with Crippen LogP contribution in [-0.4, -0.2) is 89.5 Å². The molecule has 0 radical (unpaired) electrons. The summed E-state index contributed by atoms with van der Waals surface area (Å²) in [7, 11) is 1.90. The van der Waals surface area contributed by atoms with Gasteiger partial charge >= 0.3 is 12.0 Å². The van der Waals surface area contributed by atoms with Gasteiger partial charge < -0.3 is 30.7 Å². The van der Waals surface area contributed by atoms with Gasteiger partial charge in [0, 0.05) is 46.2 Å². The molecule has 0 atom stereocenters. The molecule has 1 aliphatic heterocycles. The molecule has 4 N–H and O–H groups in total. The van der Waals surface area contributed by atoms with Crippen LogP contribution in [0.5, 0.6) is 6.01 Å². The first-order valence-corrected chi connectivity index (χ1v) is 14.8. The lowest BCUT2D eigenvalue weighted by Crippen LogP contribution is -2.31. The maximum atomic E-state index is 12.0. The molecule has 0 saturated carbocycles. The Bertz CT molecular complexity index is 1180. The van der Waals surface area contributed by atoms with Gasteiger partial charge in [0.15, 0.2) is 11.6 Å². The smallest absolute Gasteiger partial charge is 0.320 e. The summed E-state index contributed by atoms with van der Waals surface area (Å²) in [5, 5.41) is 11.8. The molecule has 3 rings (SSSR count). The molecule has 0 spiro atoms. The summed E-state index contributed by atoms with van der Waals surface area (Å²) in [6.45, 7) is 7.18. The zero-order valence-electron chi connectivity index (χ0n) is 24.9. The van der Waals surface area contributed by atoms with Crippen molar-refractivity contribution in [2.24, 2.45) is 0 Å². The number of hydrogen-bond donors (Lipinski definition) is 3. The Hall–Kier alpha value is -3.93. The summed E-state index contributed by atoms with van der Waals surface area (Å²) >= 11 is 0. The minimum atomic E-state index is -0.847. The van der Waals surface area contributed by atoms with Crippen LogP contribution in [-0.2, 0) is 27.3 Å². The normalized spacial score (nSPS) is 13.0. The van der Waals surface area contributed by atoms with E-state index in [1.165, 1.54) is 0 Å². The lowest BCUT2D eigenvalue weighted by atomic mass is 10.1. The van der Waals surface area contributed by atoms with Crippen LogP contribution in [0.3, 0.4) is 0 Å². The quantitative estimate of drug-likeness (QED) is 0.156. The SMILES string of the molecule is CCCCOc1nc(N)c(NC=O)c(N(C)CCCCN(CCCN2CCCC2=O)Cc2cccc(CC(=O)O)c2)n1. The van der Waals surface area contributed by atoms with E-state index in [1.54, 1.807) is 0 Å². The van der Waals surface area contributed by atoms with E-state index < -0.39 is 5.97 Å². The van der Waals surface area contributed by atoms with E-state index in [2.05, 4.69) is 27.1 Å². The fourth-order valence-corrected chi connectivity index (χ4v) is 5.05. The largest absolute Gasteiger partial charge is 0.481 e. The van der Waals surface area contributed by atoms with Gasteiger partial charge in [-0.15, -0.1) is 0 Å². The van der Waals surface area contributed by atoms with E-state index >= 15 is 0 Å². The second kappa shape index (κ2) is 17.1. The molecule has 1 aromatic heterocycles. The molecule has 0 bridgehead atoms. The Morgan fingerprint density at radius 2 is 1.93 bits per heavy atom. The molecule has 1 saturated heterocycles. The van der Waals surface area contributed by atoms with E-state index in [-0.39, 0.29) is 24.2 Å².